The first-order valence-electron chi connectivity index (χ1n) is 11.8. The van der Waals surface area contributed by atoms with E-state index in [1.165, 1.54) is 0 Å². The highest BCUT2D eigenvalue weighted by Crippen LogP contribution is 2.20. The molecule has 0 aromatic heterocycles. The predicted octanol–water partition coefficient (Wildman–Crippen LogP) is 2.31. The number of hydrogen-bond donors (Lipinski definition) is 1. The van der Waals surface area contributed by atoms with Gasteiger partial charge in [-0.3, -0.25) is 19.3 Å². The number of carbonyl (C=O) groups excluding carboxylic acids is 3. The van der Waals surface area contributed by atoms with E-state index in [1.54, 1.807) is 12.1 Å². The van der Waals surface area contributed by atoms with E-state index in [9.17, 15) is 14.4 Å². The summed E-state index contributed by atoms with van der Waals surface area (Å²) in [7, 11) is 0. The van der Waals surface area contributed by atoms with Crippen molar-refractivity contribution in [3.05, 3.63) is 71.8 Å². The summed E-state index contributed by atoms with van der Waals surface area (Å²) in [6.07, 6.45) is 2.39. The Hall–Kier alpha value is -3.19. The van der Waals surface area contributed by atoms with Crippen molar-refractivity contribution >= 4 is 17.7 Å². The van der Waals surface area contributed by atoms with Crippen LogP contribution in [0.4, 0.5) is 0 Å². The molecule has 2 aromatic rings. The molecule has 7 heteroatoms. The van der Waals surface area contributed by atoms with E-state index in [4.69, 9.17) is 0 Å². The Balaban J connectivity index is 1.33. The summed E-state index contributed by atoms with van der Waals surface area (Å²) in [6.45, 7) is 4.75. The van der Waals surface area contributed by atoms with Gasteiger partial charge in [-0.1, -0.05) is 48.5 Å². The fourth-order valence-corrected chi connectivity index (χ4v) is 4.49. The summed E-state index contributed by atoms with van der Waals surface area (Å²) in [5.41, 5.74) is 1.48. The number of rotatable bonds is 7. The predicted molar refractivity (Wildman–Crippen MR) is 127 cm³/mol. The molecule has 1 N–H and O–H groups in total. The van der Waals surface area contributed by atoms with Gasteiger partial charge in [-0.05, 0) is 30.5 Å². The molecule has 0 bridgehead atoms. The Bertz CT molecular complexity index is 937. The fourth-order valence-electron chi connectivity index (χ4n) is 4.49. The Labute approximate surface area is 195 Å². The van der Waals surface area contributed by atoms with Gasteiger partial charge in [-0.2, -0.15) is 0 Å². The van der Waals surface area contributed by atoms with Gasteiger partial charge in [0.2, 0.25) is 11.8 Å². The smallest absolute Gasteiger partial charge is 0.251 e. The average Bonchev–Trinajstić information content (AvgIpc) is 3.40. The maximum atomic E-state index is 13.1. The Kier molecular flexibility index (Phi) is 7.73. The van der Waals surface area contributed by atoms with Crippen LogP contribution in [0.1, 0.15) is 41.2 Å². The highest BCUT2D eigenvalue weighted by Gasteiger charge is 2.27. The van der Waals surface area contributed by atoms with Crippen LogP contribution in [0.2, 0.25) is 0 Å². The van der Waals surface area contributed by atoms with Crippen LogP contribution in [-0.4, -0.2) is 78.2 Å². The van der Waals surface area contributed by atoms with E-state index in [2.05, 4.69) is 10.2 Å². The van der Waals surface area contributed by atoms with Crippen molar-refractivity contribution in [1.82, 2.24) is 20.0 Å². The highest BCUT2D eigenvalue weighted by atomic mass is 16.2. The van der Waals surface area contributed by atoms with Gasteiger partial charge in [-0.25, -0.2) is 0 Å². The van der Waals surface area contributed by atoms with Gasteiger partial charge >= 0.3 is 0 Å². The van der Waals surface area contributed by atoms with Crippen LogP contribution in [0.25, 0.3) is 0 Å². The van der Waals surface area contributed by atoms with E-state index in [1.807, 2.05) is 58.3 Å². The van der Waals surface area contributed by atoms with E-state index >= 15 is 0 Å². The summed E-state index contributed by atoms with van der Waals surface area (Å²) in [5.74, 6) is 0.0188. The average molecular weight is 449 g/mol. The number of benzene rings is 2. The lowest BCUT2D eigenvalue weighted by molar-refractivity contribution is -0.135. The molecule has 0 saturated carbocycles. The molecule has 7 nitrogen and oxygen atoms in total. The van der Waals surface area contributed by atoms with Gasteiger partial charge in [0.05, 0.1) is 19.0 Å². The lowest BCUT2D eigenvalue weighted by Gasteiger charge is -2.35. The second kappa shape index (κ2) is 11.1. The monoisotopic (exact) mass is 448 g/mol. The van der Waals surface area contributed by atoms with Gasteiger partial charge in [0.25, 0.3) is 5.91 Å². The molecule has 3 amide bonds. The zero-order valence-corrected chi connectivity index (χ0v) is 19.0. The summed E-state index contributed by atoms with van der Waals surface area (Å²) in [5, 5.41) is 3.04. The first-order valence-corrected chi connectivity index (χ1v) is 11.8. The number of piperazine rings is 1. The lowest BCUT2D eigenvalue weighted by atomic mass is 10.0. The number of amides is 3. The third-order valence-electron chi connectivity index (χ3n) is 6.46. The molecule has 2 heterocycles. The van der Waals surface area contributed by atoms with Crippen molar-refractivity contribution in [2.24, 2.45) is 0 Å². The number of likely N-dealkylation sites (tertiary alicyclic amines) is 1. The third-order valence-corrected chi connectivity index (χ3v) is 6.46. The van der Waals surface area contributed by atoms with Gasteiger partial charge in [0.1, 0.15) is 0 Å². The number of hydrogen-bond acceptors (Lipinski definition) is 4. The first-order chi connectivity index (χ1) is 16.1. The minimum Gasteiger partial charge on any atom is -0.345 e. The summed E-state index contributed by atoms with van der Waals surface area (Å²) >= 11 is 0. The van der Waals surface area contributed by atoms with Gasteiger partial charge in [-0.15, -0.1) is 0 Å². The molecule has 2 fully saturated rings. The molecule has 1 unspecified atom stereocenters. The van der Waals surface area contributed by atoms with Crippen molar-refractivity contribution in [3.63, 3.8) is 0 Å². The van der Waals surface area contributed by atoms with Crippen LogP contribution in [-0.2, 0) is 9.59 Å². The van der Waals surface area contributed by atoms with Crippen LogP contribution in [0.3, 0.4) is 0 Å². The molecule has 174 valence electrons. The molecule has 1 atom stereocenters. The van der Waals surface area contributed by atoms with Gasteiger partial charge < -0.3 is 15.1 Å². The molecule has 33 heavy (non-hydrogen) atoms. The Morgan fingerprint density at radius 3 is 1.94 bits per heavy atom. The van der Waals surface area contributed by atoms with E-state index in [-0.39, 0.29) is 24.1 Å². The maximum Gasteiger partial charge on any atom is 0.251 e. The summed E-state index contributed by atoms with van der Waals surface area (Å²) in [6, 6.07) is 18.3. The zero-order valence-electron chi connectivity index (χ0n) is 19.0. The second-order valence-electron chi connectivity index (χ2n) is 8.75. The Morgan fingerprint density at radius 1 is 0.727 bits per heavy atom. The minimum atomic E-state index is -0.402. The van der Waals surface area contributed by atoms with Crippen molar-refractivity contribution in [3.8, 4) is 0 Å². The van der Waals surface area contributed by atoms with Gasteiger partial charge in [0.15, 0.2) is 0 Å². The molecule has 4 rings (SSSR count). The van der Waals surface area contributed by atoms with Crippen LogP contribution < -0.4 is 5.32 Å². The molecule has 0 aliphatic carbocycles. The molecule has 2 aliphatic rings. The number of nitrogens with one attached hydrogen (secondary N) is 1. The SMILES string of the molecule is O=C(NC(CC(=O)N1CCN(CC(=O)N2CCCC2)CC1)c1ccccc1)c1ccccc1. The van der Waals surface area contributed by atoms with Gasteiger partial charge in [0, 0.05) is 44.8 Å². The lowest BCUT2D eigenvalue weighted by Crippen LogP contribution is -2.51. The first kappa shape index (κ1) is 23.0. The van der Waals surface area contributed by atoms with Crippen LogP contribution in [0.15, 0.2) is 60.7 Å². The number of nitrogens with zero attached hydrogens (tertiary/aromatic N) is 3. The van der Waals surface area contributed by atoms with E-state index < -0.39 is 6.04 Å². The largest absolute Gasteiger partial charge is 0.345 e. The standard InChI is InChI=1S/C26H32N4O3/c31-24(30-17-15-28(16-18-30)20-25(32)29-13-7-8-14-29)19-23(21-9-3-1-4-10-21)27-26(33)22-11-5-2-6-12-22/h1-6,9-12,23H,7-8,13-20H2,(H,27,33). The quantitative estimate of drug-likeness (QED) is 0.706. The van der Waals surface area contributed by atoms with Crippen LogP contribution in [0.5, 0.6) is 0 Å². The summed E-state index contributed by atoms with van der Waals surface area (Å²) < 4.78 is 0. The maximum absolute atomic E-state index is 13.1. The molecule has 0 radical (unpaired) electrons. The van der Waals surface area contributed by atoms with Crippen LogP contribution >= 0.6 is 0 Å². The van der Waals surface area contributed by atoms with Crippen molar-refractivity contribution in [2.75, 3.05) is 45.8 Å². The second-order valence-corrected chi connectivity index (χ2v) is 8.75. The van der Waals surface area contributed by atoms with E-state index in [0.717, 1.165) is 31.5 Å². The molecule has 2 aromatic carbocycles. The zero-order chi connectivity index (χ0) is 23.0. The fraction of sp³-hybridized carbons (Fsp3) is 0.423. The topological polar surface area (TPSA) is 73.0 Å². The summed E-state index contributed by atoms with van der Waals surface area (Å²) in [4.78, 5) is 44.2. The number of carbonyl (C=O) groups is 3. The highest BCUT2D eigenvalue weighted by molar-refractivity contribution is 5.94. The van der Waals surface area contributed by atoms with Crippen molar-refractivity contribution < 1.29 is 14.4 Å². The Morgan fingerprint density at radius 2 is 1.30 bits per heavy atom. The molecular formula is C26H32N4O3. The van der Waals surface area contributed by atoms with Crippen molar-refractivity contribution in [1.29, 1.82) is 0 Å². The molecular weight excluding hydrogens is 416 g/mol. The molecule has 2 saturated heterocycles. The molecule has 0 spiro atoms. The third kappa shape index (κ3) is 6.20. The molecule has 2 aliphatic heterocycles. The minimum absolute atomic E-state index is 0.0164. The van der Waals surface area contributed by atoms with Crippen molar-refractivity contribution in [2.45, 2.75) is 25.3 Å². The van der Waals surface area contributed by atoms with E-state index in [0.29, 0.717) is 38.3 Å². The van der Waals surface area contributed by atoms with Crippen LogP contribution in [0, 0.1) is 0 Å². The normalized spacial score (nSPS) is 17.6.